The van der Waals surface area contributed by atoms with Crippen molar-refractivity contribution in [3.8, 4) is 0 Å². The Morgan fingerprint density at radius 2 is 1.42 bits per heavy atom. The first-order valence-electron chi connectivity index (χ1n) is 4.41. The molecule has 0 saturated carbocycles. The molecule has 2 radical (unpaired) electrons. The maximum absolute atomic E-state index is 10.7. The molecule has 0 fully saturated rings. The third-order valence-electron chi connectivity index (χ3n) is 1.93. The van der Waals surface area contributed by atoms with Crippen molar-refractivity contribution in [1.29, 1.82) is 0 Å². The Morgan fingerprint density at radius 3 is 1.63 bits per heavy atom. The van der Waals surface area contributed by atoms with E-state index in [1.807, 2.05) is 0 Å². The van der Waals surface area contributed by atoms with Crippen molar-refractivity contribution in [2.75, 3.05) is 0 Å². The molecule has 4 N–H and O–H groups in total. The molecule has 7 nitrogen and oxygen atoms in total. The zero-order valence-electron chi connectivity index (χ0n) is 12.3. The minimum absolute atomic E-state index is 0. The summed E-state index contributed by atoms with van der Waals surface area (Å²) in [4.78, 5) is 38.7. The average molecular weight is 351 g/mol. The van der Waals surface area contributed by atoms with E-state index in [0.29, 0.717) is 12.8 Å². The van der Waals surface area contributed by atoms with Crippen molar-refractivity contribution >= 4 is 74.3 Å². The summed E-state index contributed by atoms with van der Waals surface area (Å²) in [6.45, 7) is 1.79. The van der Waals surface area contributed by atoms with Crippen molar-refractivity contribution in [3.63, 3.8) is 0 Å². The van der Waals surface area contributed by atoms with Gasteiger partial charge < -0.3 is 34.4 Å². The van der Waals surface area contributed by atoms with Gasteiger partial charge in [0.25, 0.3) is 0 Å². The molecule has 0 aromatic rings. The first kappa shape index (κ1) is 34.6. The van der Waals surface area contributed by atoms with Crippen LogP contribution in [0.5, 0.6) is 0 Å². The first-order valence-corrected chi connectivity index (χ1v) is 7.71. The third-order valence-corrected chi connectivity index (χ3v) is 5.61. The Morgan fingerprint density at radius 1 is 1.11 bits per heavy atom. The predicted octanol–water partition coefficient (Wildman–Crippen LogP) is -7.83. The fourth-order valence-corrected chi connectivity index (χ4v) is 3.76. The molecule has 0 amide bonds. The van der Waals surface area contributed by atoms with Crippen LogP contribution in [-0.4, -0.2) is 80.3 Å². The summed E-state index contributed by atoms with van der Waals surface area (Å²) in [7, 11) is -10.3. The number of hydrogen-bond donors (Lipinski definition) is 3. The van der Waals surface area contributed by atoms with E-state index in [0.717, 1.165) is 0 Å². The van der Waals surface area contributed by atoms with E-state index in [1.165, 1.54) is 0 Å². The van der Waals surface area contributed by atoms with E-state index in [2.05, 4.69) is 0 Å². The molecule has 19 heavy (non-hydrogen) atoms. The number of hydrogen-bond acceptors (Lipinski definition) is 5. The first-order chi connectivity index (χ1) is 6.59. The van der Waals surface area contributed by atoms with E-state index in [4.69, 9.17) is 15.5 Å². The summed E-state index contributed by atoms with van der Waals surface area (Å²) in [6, 6.07) is -0.691. The molecule has 0 spiro atoms. The van der Waals surface area contributed by atoms with Gasteiger partial charge in [0.2, 0.25) is 0 Å². The van der Waals surface area contributed by atoms with Gasteiger partial charge in [0.15, 0.2) is 0 Å². The van der Waals surface area contributed by atoms with E-state index in [9.17, 15) is 18.9 Å². The van der Waals surface area contributed by atoms with Gasteiger partial charge in [0.1, 0.15) is 15.2 Å². The van der Waals surface area contributed by atoms with Gasteiger partial charge in [-0.05, 0) is 12.8 Å². The molecule has 0 heterocycles. The molecule has 0 aromatic heterocycles. The van der Waals surface area contributed by atoms with Crippen LogP contribution in [0.25, 0.3) is 0 Å². The van der Waals surface area contributed by atoms with Crippen LogP contribution >= 0.6 is 15.2 Å². The number of rotatable bonds is 6. The van der Waals surface area contributed by atoms with E-state index in [1.54, 1.807) is 6.92 Å². The molecule has 13 heteroatoms. The Balaban J connectivity index is -0.000000163. The molecule has 0 aromatic carbocycles. The van der Waals surface area contributed by atoms with Crippen LogP contribution in [0.1, 0.15) is 26.2 Å². The van der Waals surface area contributed by atoms with Crippen molar-refractivity contribution < 1.29 is 87.8 Å². The van der Waals surface area contributed by atoms with Gasteiger partial charge in [-0.25, -0.2) is 0 Å². The van der Waals surface area contributed by atoms with E-state index in [-0.39, 0.29) is 118 Å². The second-order valence-electron chi connectivity index (χ2n) is 3.39. The molecule has 0 bridgehead atoms. The topological polar surface area (TPSA) is 147 Å². The monoisotopic (exact) mass is 351 g/mol. The van der Waals surface area contributed by atoms with Gasteiger partial charge in [-0.3, -0.25) is 0 Å². The van der Waals surface area contributed by atoms with Crippen LogP contribution in [0.2, 0.25) is 0 Å². The van der Waals surface area contributed by atoms with Crippen LogP contribution in [0.4, 0.5) is 0 Å². The van der Waals surface area contributed by atoms with E-state index >= 15 is 0 Å². The van der Waals surface area contributed by atoms with Crippen LogP contribution in [0.15, 0.2) is 0 Å². The van der Waals surface area contributed by atoms with E-state index < -0.39 is 33.1 Å². The molecular weight excluding hydrogens is 336 g/mol. The molecule has 0 rings (SSSR count). The summed E-state index contributed by atoms with van der Waals surface area (Å²) in [6.07, 6.45) is 0.565. The van der Waals surface area contributed by atoms with Crippen molar-refractivity contribution in [3.05, 3.63) is 0 Å². The Labute approximate surface area is 202 Å². The second kappa shape index (κ2) is 15.8. The Hall–Kier alpha value is 4.26. The van der Waals surface area contributed by atoms with Crippen molar-refractivity contribution in [1.82, 2.24) is 0 Å². The molecule has 3 atom stereocenters. The zero-order valence-corrected chi connectivity index (χ0v) is 22.1. The smallest absolute Gasteiger partial charge is 0.778 e. The molecule has 0 aliphatic rings. The average Bonchev–Trinajstić information content (AvgIpc) is 1.96. The van der Waals surface area contributed by atoms with Crippen LogP contribution in [-0.2, 0) is 9.13 Å². The van der Waals surface area contributed by atoms with Gasteiger partial charge in [0.05, 0.1) is 5.40 Å². The van der Waals surface area contributed by atoms with Gasteiger partial charge >= 0.3 is 59.1 Å². The summed E-state index contributed by atoms with van der Waals surface area (Å²) < 4.78 is 21.4. The minimum Gasteiger partial charge on any atom is -0.778 e. The molecule has 94 valence electrons. The summed E-state index contributed by atoms with van der Waals surface area (Å²) in [5.74, 6) is 0. The molecular formula is C6H15NNa4O6P2. The van der Waals surface area contributed by atoms with Crippen molar-refractivity contribution in [2.45, 2.75) is 37.6 Å². The van der Waals surface area contributed by atoms with Crippen LogP contribution in [0.3, 0.4) is 0 Å². The normalized spacial score (nSPS) is 18.8. The van der Waals surface area contributed by atoms with Gasteiger partial charge in [0, 0.05) is 65.2 Å². The van der Waals surface area contributed by atoms with Crippen LogP contribution in [0, 0.1) is 0 Å². The SMILES string of the molecule is CCCC(N)CC(P(=O)([O-])O)P(=O)([O-])O.[Na+].[Na+].[Na].[Na]. The molecule has 3 unspecified atom stereocenters. The second-order valence-corrected chi connectivity index (χ2v) is 7.30. The predicted molar refractivity (Wildman–Crippen MR) is 62.4 cm³/mol. The largest absolute Gasteiger partial charge is 1.00 e. The minimum atomic E-state index is -5.13. The summed E-state index contributed by atoms with van der Waals surface area (Å²) in [5.41, 5.74) is 5.44. The molecule has 0 aliphatic carbocycles. The zero-order chi connectivity index (χ0) is 12.3. The number of nitrogens with two attached hydrogens (primary N) is 1. The van der Waals surface area contributed by atoms with Gasteiger partial charge in [-0.1, -0.05) is 13.3 Å². The summed E-state index contributed by atoms with van der Waals surface area (Å²) >= 11 is 0. The van der Waals surface area contributed by atoms with Crippen molar-refractivity contribution in [2.24, 2.45) is 5.73 Å². The fraction of sp³-hybridized carbons (Fsp3) is 1.00. The third kappa shape index (κ3) is 16.9. The molecule has 0 saturated heterocycles. The molecule has 0 aliphatic heterocycles. The summed E-state index contributed by atoms with van der Waals surface area (Å²) in [5, 5.41) is -2.20. The maximum Gasteiger partial charge on any atom is 1.00 e. The van der Waals surface area contributed by atoms with Gasteiger partial charge in [-0.2, -0.15) is 0 Å². The van der Waals surface area contributed by atoms with Gasteiger partial charge in [-0.15, -0.1) is 0 Å². The Bertz CT molecular complexity index is 275. The standard InChI is InChI=1S/C6H17NO6P2.4Na/c1-2-3-5(7)4-6(14(8,9)10)15(11,12)13;;;;/h5-6H,2-4,7H2,1H3,(H2,8,9,10)(H2,11,12,13);;;;/q;;;2*+1/p-2. The maximum atomic E-state index is 10.7. The quantitative estimate of drug-likeness (QED) is 0.318. The van der Waals surface area contributed by atoms with Crippen LogP contribution < -0.4 is 74.6 Å². The fourth-order valence-electron chi connectivity index (χ4n) is 1.21. The Kier molecular flexibility index (Phi) is 28.7.